The van der Waals surface area contributed by atoms with E-state index in [1.807, 2.05) is 0 Å². The van der Waals surface area contributed by atoms with Gasteiger partial charge in [0.05, 0.1) is 0 Å². The molecule has 0 heterocycles. The van der Waals surface area contributed by atoms with Crippen LogP contribution in [0.3, 0.4) is 0 Å². The van der Waals surface area contributed by atoms with Crippen molar-refractivity contribution in [2.24, 2.45) is 0 Å². The first kappa shape index (κ1) is 13.3. The van der Waals surface area contributed by atoms with E-state index in [1.54, 1.807) is 0 Å². The van der Waals surface area contributed by atoms with Gasteiger partial charge < -0.3 is 10.2 Å². The first-order valence-electron chi connectivity index (χ1n) is 3.06. The van der Waals surface area contributed by atoms with E-state index in [0.29, 0.717) is 12.8 Å². The topological polar surface area (TPSA) is 74.6 Å². The summed E-state index contributed by atoms with van der Waals surface area (Å²) in [6.45, 7) is 0. The van der Waals surface area contributed by atoms with Gasteiger partial charge in [-0.1, -0.05) is 0 Å². The van der Waals surface area contributed by atoms with Crippen LogP contribution in [0.5, 0.6) is 0 Å². The average Bonchev–Trinajstić information content (AvgIpc) is 1.79. The van der Waals surface area contributed by atoms with Crippen LogP contribution in [0.15, 0.2) is 0 Å². The molecule has 5 heteroatoms. The number of aliphatic carboxylic acids is 2. The van der Waals surface area contributed by atoms with Gasteiger partial charge in [0, 0.05) is 35.2 Å². The molecule has 0 bridgehead atoms. The summed E-state index contributed by atoms with van der Waals surface area (Å²) in [5.74, 6) is -1.74. The van der Waals surface area contributed by atoms with Crippen molar-refractivity contribution in [1.82, 2.24) is 0 Å². The molecule has 0 aliphatic rings. The van der Waals surface area contributed by atoms with Gasteiger partial charge in [-0.15, -0.1) is 0 Å². The van der Waals surface area contributed by atoms with Gasteiger partial charge in [0.25, 0.3) is 0 Å². The number of unbranched alkanes of at least 4 members (excludes halogenated alkanes) is 1. The van der Waals surface area contributed by atoms with Gasteiger partial charge in [0.15, 0.2) is 0 Å². The molecule has 0 aromatic rings. The second kappa shape index (κ2) is 7.78. The minimum absolute atomic E-state index is 0. The third-order valence-corrected chi connectivity index (χ3v) is 1.03. The average molecular weight is 254 g/mol. The molecule has 0 spiro atoms. The Balaban J connectivity index is 0. The fourth-order valence-corrected chi connectivity index (χ4v) is 0.552. The van der Waals surface area contributed by atoms with Crippen LogP contribution < -0.4 is 0 Å². The Hall–Kier alpha value is -0.320. The van der Waals surface area contributed by atoms with Crippen molar-refractivity contribution in [1.29, 1.82) is 0 Å². The maximum atomic E-state index is 9.90. The van der Waals surface area contributed by atoms with Gasteiger partial charge in [-0.3, -0.25) is 9.59 Å². The molecule has 0 saturated carbocycles. The van der Waals surface area contributed by atoms with Crippen LogP contribution in [0.1, 0.15) is 25.7 Å². The molecule has 0 aliphatic carbocycles. The first-order valence-corrected chi connectivity index (χ1v) is 3.06. The van der Waals surface area contributed by atoms with Gasteiger partial charge in [0.1, 0.15) is 0 Å². The van der Waals surface area contributed by atoms with Crippen molar-refractivity contribution in [3.8, 4) is 0 Å². The summed E-state index contributed by atoms with van der Waals surface area (Å²) < 4.78 is 0. The molecule has 1 radical (unpaired) electrons. The maximum absolute atomic E-state index is 9.90. The van der Waals surface area contributed by atoms with Gasteiger partial charge in [-0.05, 0) is 12.8 Å². The fourth-order valence-electron chi connectivity index (χ4n) is 0.552. The molecule has 0 unspecified atom stereocenters. The van der Waals surface area contributed by atoms with Crippen LogP contribution in [-0.2, 0) is 32.0 Å². The SMILES string of the molecule is O=C(O)CCCCC(=O)O.[Ag]. The molecule has 0 saturated heterocycles. The smallest absolute Gasteiger partial charge is 0.303 e. The van der Waals surface area contributed by atoms with Crippen LogP contribution in [0.25, 0.3) is 0 Å². The summed E-state index contributed by atoms with van der Waals surface area (Å²) in [4.78, 5) is 19.8. The Morgan fingerprint density at radius 1 is 0.909 bits per heavy atom. The van der Waals surface area contributed by atoms with Crippen LogP contribution in [0, 0.1) is 0 Å². The Labute approximate surface area is 80.1 Å². The second-order valence-electron chi connectivity index (χ2n) is 1.99. The summed E-state index contributed by atoms with van der Waals surface area (Å²) in [7, 11) is 0. The summed E-state index contributed by atoms with van der Waals surface area (Å²) in [5, 5.41) is 16.3. The zero-order valence-corrected chi connectivity index (χ0v) is 7.32. The minimum Gasteiger partial charge on any atom is -0.481 e. The number of hydrogen-bond acceptors (Lipinski definition) is 2. The largest absolute Gasteiger partial charge is 0.481 e. The zero-order chi connectivity index (χ0) is 7.98. The molecular formula is C6H10AgO4. The van der Waals surface area contributed by atoms with Crippen LogP contribution >= 0.6 is 0 Å². The Kier molecular flexibility index (Phi) is 9.40. The van der Waals surface area contributed by atoms with Crippen molar-refractivity contribution >= 4 is 11.9 Å². The molecule has 0 rings (SSSR count). The summed E-state index contributed by atoms with van der Waals surface area (Å²) >= 11 is 0. The maximum Gasteiger partial charge on any atom is 0.303 e. The number of hydrogen-bond donors (Lipinski definition) is 2. The van der Waals surface area contributed by atoms with E-state index in [9.17, 15) is 9.59 Å². The van der Waals surface area contributed by atoms with Crippen LogP contribution in [-0.4, -0.2) is 22.2 Å². The van der Waals surface area contributed by atoms with Gasteiger partial charge in [0.2, 0.25) is 0 Å². The van der Waals surface area contributed by atoms with Crippen molar-refractivity contribution in [3.05, 3.63) is 0 Å². The van der Waals surface area contributed by atoms with Crippen LogP contribution in [0.4, 0.5) is 0 Å². The van der Waals surface area contributed by atoms with Crippen molar-refractivity contribution in [2.45, 2.75) is 25.7 Å². The summed E-state index contributed by atoms with van der Waals surface area (Å²) in [6, 6.07) is 0. The van der Waals surface area contributed by atoms with E-state index >= 15 is 0 Å². The molecule has 0 aromatic carbocycles. The summed E-state index contributed by atoms with van der Waals surface area (Å²) in [6.07, 6.45) is 1.02. The predicted octanol–water partition coefficient (Wildman–Crippen LogP) is 0.714. The molecule has 0 aromatic heterocycles. The van der Waals surface area contributed by atoms with E-state index in [-0.39, 0.29) is 35.2 Å². The standard InChI is InChI=1S/C6H10O4.Ag/c7-5(8)3-1-2-4-6(9)10;/h1-4H2,(H,7,8)(H,9,10);. The molecule has 0 atom stereocenters. The normalized spacial score (nSPS) is 8.36. The van der Waals surface area contributed by atoms with E-state index in [4.69, 9.17) is 10.2 Å². The van der Waals surface area contributed by atoms with Crippen molar-refractivity contribution in [3.63, 3.8) is 0 Å². The van der Waals surface area contributed by atoms with E-state index in [0.717, 1.165) is 0 Å². The molecular weight excluding hydrogens is 244 g/mol. The third kappa shape index (κ3) is 12.8. The van der Waals surface area contributed by atoms with E-state index in [2.05, 4.69) is 0 Å². The van der Waals surface area contributed by atoms with E-state index < -0.39 is 11.9 Å². The quantitative estimate of drug-likeness (QED) is 0.559. The number of rotatable bonds is 5. The van der Waals surface area contributed by atoms with Gasteiger partial charge >= 0.3 is 11.9 Å². The van der Waals surface area contributed by atoms with Gasteiger partial charge in [-0.25, -0.2) is 0 Å². The Bertz CT molecular complexity index is 119. The molecule has 0 aliphatic heterocycles. The van der Waals surface area contributed by atoms with E-state index in [1.165, 1.54) is 0 Å². The fraction of sp³-hybridized carbons (Fsp3) is 0.667. The first-order chi connectivity index (χ1) is 4.63. The zero-order valence-electron chi connectivity index (χ0n) is 5.84. The summed E-state index contributed by atoms with van der Waals surface area (Å²) in [5.41, 5.74) is 0. The monoisotopic (exact) mass is 253 g/mol. The molecule has 11 heavy (non-hydrogen) atoms. The third-order valence-electron chi connectivity index (χ3n) is 1.03. The molecule has 2 N–H and O–H groups in total. The molecule has 0 fully saturated rings. The molecule has 0 amide bonds. The molecule has 69 valence electrons. The Morgan fingerprint density at radius 2 is 1.18 bits per heavy atom. The Morgan fingerprint density at radius 3 is 1.36 bits per heavy atom. The second-order valence-corrected chi connectivity index (χ2v) is 1.99. The van der Waals surface area contributed by atoms with Crippen molar-refractivity contribution in [2.75, 3.05) is 0 Å². The molecule has 4 nitrogen and oxygen atoms in total. The number of carbonyl (C=O) groups is 2. The van der Waals surface area contributed by atoms with Crippen molar-refractivity contribution < 1.29 is 42.2 Å². The number of carboxylic acids is 2. The van der Waals surface area contributed by atoms with Crippen LogP contribution in [0.2, 0.25) is 0 Å². The minimum atomic E-state index is -0.870. The number of carboxylic acid groups (broad SMARTS) is 2. The predicted molar refractivity (Wildman–Crippen MR) is 33.7 cm³/mol. The van der Waals surface area contributed by atoms with Gasteiger partial charge in [-0.2, -0.15) is 0 Å².